The number of aldehydes is 1. The van der Waals surface area contributed by atoms with Crippen LogP contribution in [0.4, 0.5) is 0 Å². The zero-order chi connectivity index (χ0) is 16.3. The lowest BCUT2D eigenvalue weighted by Gasteiger charge is -2.19. The molecule has 0 amide bonds. The van der Waals surface area contributed by atoms with E-state index in [1.165, 1.54) is 0 Å². The molecule has 0 saturated carbocycles. The van der Waals surface area contributed by atoms with Crippen molar-refractivity contribution in [2.45, 2.75) is 36.6 Å². The molecule has 0 aromatic heterocycles. The molecule has 0 aromatic rings. The Labute approximate surface area is 114 Å². The molecule has 9 N–H and O–H groups in total. The largest absolute Gasteiger partial charge is 0.394 e. The molecule has 6 atom stereocenters. The second kappa shape index (κ2) is 12.1. The Balaban J connectivity index is 0. The van der Waals surface area contributed by atoms with Gasteiger partial charge in [0.2, 0.25) is 0 Å². The van der Waals surface area contributed by atoms with E-state index in [4.69, 9.17) is 46.0 Å². The zero-order valence-corrected chi connectivity index (χ0v) is 10.6. The summed E-state index contributed by atoms with van der Waals surface area (Å²) < 4.78 is 0. The summed E-state index contributed by atoms with van der Waals surface area (Å²) in [5.41, 5.74) is 0. The Morgan fingerprint density at radius 3 is 1.20 bits per heavy atom. The van der Waals surface area contributed by atoms with Gasteiger partial charge < -0.3 is 50.8 Å². The van der Waals surface area contributed by atoms with Gasteiger partial charge in [0.25, 0.3) is 0 Å². The second-order valence-corrected chi connectivity index (χ2v) is 3.86. The van der Waals surface area contributed by atoms with Gasteiger partial charge in [-0.3, -0.25) is 0 Å². The summed E-state index contributed by atoms with van der Waals surface area (Å²) in [5.74, 6) is 0. The summed E-state index contributed by atoms with van der Waals surface area (Å²) in [6.45, 7) is -1.97. The van der Waals surface area contributed by atoms with Crippen LogP contribution in [0.2, 0.25) is 0 Å². The van der Waals surface area contributed by atoms with Crippen molar-refractivity contribution in [3.05, 3.63) is 0 Å². The van der Waals surface area contributed by atoms with Crippen molar-refractivity contribution in [2.75, 3.05) is 19.8 Å². The zero-order valence-electron chi connectivity index (χ0n) is 10.6. The first kappa shape index (κ1) is 21.6. The summed E-state index contributed by atoms with van der Waals surface area (Å²) in [7, 11) is 0. The average molecular weight is 302 g/mol. The predicted molar refractivity (Wildman–Crippen MR) is 63.4 cm³/mol. The van der Waals surface area contributed by atoms with E-state index < -0.39 is 56.4 Å². The van der Waals surface area contributed by atoms with Gasteiger partial charge in [0.05, 0.1) is 19.8 Å². The van der Waals surface area contributed by atoms with E-state index in [2.05, 4.69) is 0 Å². The van der Waals surface area contributed by atoms with E-state index >= 15 is 0 Å². The maximum absolute atomic E-state index is 9.76. The van der Waals surface area contributed by atoms with Gasteiger partial charge in [-0.2, -0.15) is 0 Å². The van der Waals surface area contributed by atoms with Gasteiger partial charge in [0.1, 0.15) is 36.6 Å². The quantitative estimate of drug-likeness (QED) is 0.195. The van der Waals surface area contributed by atoms with Crippen LogP contribution in [0.1, 0.15) is 0 Å². The molecule has 0 radical (unpaired) electrons. The van der Waals surface area contributed by atoms with Gasteiger partial charge in [0, 0.05) is 0 Å². The summed E-state index contributed by atoms with van der Waals surface area (Å²) >= 11 is 0. The van der Waals surface area contributed by atoms with Crippen LogP contribution in [0.5, 0.6) is 0 Å². The topological polar surface area (TPSA) is 199 Å². The number of hydrogen-bond acceptors (Lipinski definition) is 10. The molecule has 122 valence electrons. The molecule has 0 saturated heterocycles. The third kappa shape index (κ3) is 8.47. The van der Waals surface area contributed by atoms with Crippen LogP contribution < -0.4 is 0 Å². The highest BCUT2D eigenvalue weighted by Gasteiger charge is 2.23. The minimum Gasteiger partial charge on any atom is -0.394 e. The average Bonchev–Trinajstić information content (AvgIpc) is 2.50. The molecule has 0 unspecified atom stereocenters. The Bertz CT molecular complexity index is 228. The molecule has 0 aliphatic rings. The number of aliphatic hydroxyl groups is 9. The number of hydrogen-bond donors (Lipinski definition) is 9. The van der Waals surface area contributed by atoms with Crippen molar-refractivity contribution in [1.29, 1.82) is 0 Å². The monoisotopic (exact) mass is 302 g/mol. The van der Waals surface area contributed by atoms with Gasteiger partial charge in [0.15, 0.2) is 6.29 Å². The highest BCUT2D eigenvalue weighted by molar-refractivity contribution is 5.56. The Morgan fingerprint density at radius 1 is 0.650 bits per heavy atom. The van der Waals surface area contributed by atoms with Crippen LogP contribution >= 0.6 is 0 Å². The van der Waals surface area contributed by atoms with Crippen molar-refractivity contribution >= 4 is 6.29 Å². The van der Waals surface area contributed by atoms with Gasteiger partial charge in [-0.1, -0.05) is 0 Å². The molecule has 0 spiro atoms. The normalized spacial score (nSPS) is 19.9. The summed E-state index contributed by atoms with van der Waals surface area (Å²) in [5, 5.41) is 76.6. The van der Waals surface area contributed by atoms with Crippen molar-refractivity contribution in [3.8, 4) is 0 Å². The predicted octanol–water partition coefficient (Wildman–Crippen LogP) is -5.69. The standard InChI is InChI=1S/C5H12O5.C5H10O5/c2*6-1-3(8)5(10)4(9)2-7/h3-10H,1-2H2;1,3-5,7-10H,2H2/t2*3-,4+,5-/m.0/s1. The highest BCUT2D eigenvalue weighted by Crippen LogP contribution is 1.98. The maximum atomic E-state index is 9.76. The third-order valence-corrected chi connectivity index (χ3v) is 2.23. The van der Waals surface area contributed by atoms with Crippen LogP contribution in [0, 0.1) is 0 Å². The fourth-order valence-corrected chi connectivity index (χ4v) is 0.889. The molecule has 10 heteroatoms. The molecule has 0 heterocycles. The molecule has 0 rings (SSSR count). The van der Waals surface area contributed by atoms with E-state index in [1.54, 1.807) is 0 Å². The molecular weight excluding hydrogens is 280 g/mol. The van der Waals surface area contributed by atoms with E-state index in [1.807, 2.05) is 0 Å². The number of aliphatic hydroxyl groups excluding tert-OH is 9. The Hall–Kier alpha value is -0.690. The highest BCUT2D eigenvalue weighted by atomic mass is 16.4. The summed E-state index contributed by atoms with van der Waals surface area (Å²) in [6, 6.07) is 0. The first-order valence-corrected chi connectivity index (χ1v) is 5.62. The van der Waals surface area contributed by atoms with Crippen LogP contribution in [0.3, 0.4) is 0 Å². The fourth-order valence-electron chi connectivity index (χ4n) is 0.889. The second-order valence-electron chi connectivity index (χ2n) is 3.86. The minimum absolute atomic E-state index is 0.0869. The van der Waals surface area contributed by atoms with E-state index in [0.717, 1.165) is 0 Å². The van der Waals surface area contributed by atoms with E-state index in [9.17, 15) is 4.79 Å². The van der Waals surface area contributed by atoms with Crippen molar-refractivity contribution in [3.63, 3.8) is 0 Å². The van der Waals surface area contributed by atoms with Crippen LogP contribution in [-0.2, 0) is 4.79 Å². The molecule has 0 aliphatic carbocycles. The SMILES string of the molecule is O=C[C@H](O)[C@H](O)[C@H](O)CO.OC[C@@H](O)[C@@H](O)[C@@H](O)CO. The van der Waals surface area contributed by atoms with Gasteiger partial charge in [-0.05, 0) is 0 Å². The van der Waals surface area contributed by atoms with Crippen molar-refractivity contribution < 1.29 is 50.8 Å². The van der Waals surface area contributed by atoms with Crippen LogP contribution in [0.25, 0.3) is 0 Å². The maximum Gasteiger partial charge on any atom is 0.151 e. The lowest BCUT2D eigenvalue weighted by atomic mass is 10.1. The van der Waals surface area contributed by atoms with Gasteiger partial charge in [-0.25, -0.2) is 0 Å². The Morgan fingerprint density at radius 2 is 0.950 bits per heavy atom. The third-order valence-electron chi connectivity index (χ3n) is 2.23. The molecule has 0 bridgehead atoms. The summed E-state index contributed by atoms with van der Waals surface area (Å²) in [4.78, 5) is 9.76. The van der Waals surface area contributed by atoms with Crippen LogP contribution in [0.15, 0.2) is 0 Å². The van der Waals surface area contributed by atoms with E-state index in [0.29, 0.717) is 0 Å². The van der Waals surface area contributed by atoms with Gasteiger partial charge in [-0.15, -0.1) is 0 Å². The summed E-state index contributed by atoms with van der Waals surface area (Å²) in [6.07, 6.45) is -8.92. The fraction of sp³-hybridized carbons (Fsp3) is 0.900. The molecule has 10 nitrogen and oxygen atoms in total. The molecule has 20 heavy (non-hydrogen) atoms. The Kier molecular flexibility index (Phi) is 13.1. The van der Waals surface area contributed by atoms with Crippen molar-refractivity contribution in [1.82, 2.24) is 0 Å². The lowest BCUT2D eigenvalue weighted by molar-refractivity contribution is -0.127. The minimum atomic E-state index is -1.64. The number of carbonyl (C=O) groups is 1. The molecular formula is C10H22O10. The van der Waals surface area contributed by atoms with Crippen molar-refractivity contribution in [2.24, 2.45) is 0 Å². The number of carbonyl (C=O) groups excluding carboxylic acids is 1. The van der Waals surface area contributed by atoms with Crippen LogP contribution in [-0.4, -0.2) is 109 Å². The smallest absolute Gasteiger partial charge is 0.151 e. The number of rotatable bonds is 8. The van der Waals surface area contributed by atoms with Gasteiger partial charge >= 0.3 is 0 Å². The molecule has 0 fully saturated rings. The molecule has 0 aliphatic heterocycles. The van der Waals surface area contributed by atoms with E-state index in [-0.39, 0.29) is 6.29 Å². The first-order valence-electron chi connectivity index (χ1n) is 5.62. The lowest BCUT2D eigenvalue weighted by Crippen LogP contribution is -2.41. The first-order chi connectivity index (χ1) is 9.26. The molecule has 0 aromatic carbocycles.